The number of halogens is 1. The quantitative estimate of drug-likeness (QED) is 0.626. The average Bonchev–Trinajstić information content (AvgIpc) is 2.64. The summed E-state index contributed by atoms with van der Waals surface area (Å²) in [5, 5.41) is 3.56. The number of hydrogen-bond acceptors (Lipinski definition) is 4. The highest BCUT2D eigenvalue weighted by Gasteiger charge is 2.09. The Hall–Kier alpha value is -2.60. The van der Waals surface area contributed by atoms with Gasteiger partial charge in [0.2, 0.25) is 5.91 Å². The van der Waals surface area contributed by atoms with Crippen LogP contribution in [0.25, 0.3) is 11.0 Å². The van der Waals surface area contributed by atoms with Gasteiger partial charge in [-0.25, -0.2) is 9.18 Å². The Bertz CT molecular complexity index is 1050. The van der Waals surface area contributed by atoms with Gasteiger partial charge in [-0.1, -0.05) is 25.1 Å². The number of benzene rings is 2. The highest BCUT2D eigenvalue weighted by molar-refractivity contribution is 7.99. The van der Waals surface area contributed by atoms with E-state index in [1.807, 2.05) is 25.1 Å². The minimum absolute atomic E-state index is 0.199. The number of carbonyl (C=O) groups is 1. The number of nitrogens with one attached hydrogen (secondary N) is 1. The van der Waals surface area contributed by atoms with Crippen LogP contribution in [0.15, 0.2) is 51.7 Å². The van der Waals surface area contributed by atoms with Gasteiger partial charge in [-0.3, -0.25) is 4.79 Å². The van der Waals surface area contributed by atoms with Gasteiger partial charge in [0.05, 0.1) is 5.75 Å². The van der Waals surface area contributed by atoms with Crippen molar-refractivity contribution in [1.29, 1.82) is 0 Å². The molecule has 0 aliphatic rings. The van der Waals surface area contributed by atoms with Crippen molar-refractivity contribution in [3.8, 4) is 0 Å². The monoisotopic (exact) mass is 385 g/mol. The fourth-order valence-corrected chi connectivity index (χ4v) is 3.55. The molecule has 0 spiro atoms. The molecule has 0 aliphatic heterocycles. The van der Waals surface area contributed by atoms with Crippen LogP contribution in [-0.2, 0) is 17.0 Å². The molecule has 0 atom stereocenters. The summed E-state index contributed by atoms with van der Waals surface area (Å²) >= 11 is 1.39. The molecular weight excluding hydrogens is 365 g/mol. The number of rotatable bonds is 6. The highest BCUT2D eigenvalue weighted by Crippen LogP contribution is 2.23. The van der Waals surface area contributed by atoms with Gasteiger partial charge in [-0.2, -0.15) is 0 Å². The number of aryl methyl sites for hydroxylation is 2. The second-order valence-electron chi connectivity index (χ2n) is 6.28. The maximum atomic E-state index is 13.5. The van der Waals surface area contributed by atoms with Crippen LogP contribution >= 0.6 is 11.8 Å². The van der Waals surface area contributed by atoms with E-state index >= 15 is 0 Å². The lowest BCUT2D eigenvalue weighted by Crippen LogP contribution is -2.14. The van der Waals surface area contributed by atoms with Gasteiger partial charge < -0.3 is 9.73 Å². The van der Waals surface area contributed by atoms with Crippen LogP contribution in [0.1, 0.15) is 23.6 Å². The average molecular weight is 385 g/mol. The highest BCUT2D eigenvalue weighted by atomic mass is 32.2. The molecule has 1 amide bonds. The molecule has 0 saturated carbocycles. The number of amides is 1. The van der Waals surface area contributed by atoms with Gasteiger partial charge in [-0.05, 0) is 48.2 Å². The van der Waals surface area contributed by atoms with Crippen molar-refractivity contribution < 1.29 is 13.6 Å². The van der Waals surface area contributed by atoms with Crippen LogP contribution in [0.4, 0.5) is 10.1 Å². The van der Waals surface area contributed by atoms with E-state index in [2.05, 4.69) is 5.32 Å². The summed E-state index contributed by atoms with van der Waals surface area (Å²) in [7, 11) is 0. The Balaban J connectivity index is 1.65. The van der Waals surface area contributed by atoms with Crippen molar-refractivity contribution in [3.63, 3.8) is 0 Å². The van der Waals surface area contributed by atoms with Crippen molar-refractivity contribution in [3.05, 3.63) is 75.4 Å². The molecule has 1 aromatic heterocycles. The second kappa shape index (κ2) is 8.39. The number of hydrogen-bond donors (Lipinski definition) is 1. The summed E-state index contributed by atoms with van der Waals surface area (Å²) in [6, 6.07) is 11.9. The molecule has 0 saturated heterocycles. The number of thioether (sulfide) groups is 1. The van der Waals surface area contributed by atoms with Gasteiger partial charge in [-0.15, -0.1) is 11.8 Å². The van der Waals surface area contributed by atoms with Gasteiger partial charge in [0.15, 0.2) is 0 Å². The third-order valence-corrected chi connectivity index (χ3v) is 5.23. The predicted octanol–water partition coefficient (Wildman–Crippen LogP) is 4.67. The number of fused-ring (bicyclic) bond motifs is 1. The normalized spacial score (nSPS) is 10.9. The van der Waals surface area contributed by atoms with Crippen LogP contribution in [0.5, 0.6) is 0 Å². The van der Waals surface area contributed by atoms with Crippen molar-refractivity contribution in [2.45, 2.75) is 26.0 Å². The fraction of sp³-hybridized carbons (Fsp3) is 0.238. The fourth-order valence-electron chi connectivity index (χ4n) is 2.74. The van der Waals surface area contributed by atoms with E-state index in [4.69, 9.17) is 4.42 Å². The molecule has 140 valence electrons. The van der Waals surface area contributed by atoms with Crippen LogP contribution < -0.4 is 10.9 Å². The molecule has 0 aliphatic carbocycles. The SMILES string of the molecule is CCc1ccc2c(CSCC(=O)Nc3ccc(C)c(F)c3)cc(=O)oc2c1. The van der Waals surface area contributed by atoms with E-state index < -0.39 is 5.63 Å². The molecule has 0 bridgehead atoms. The summed E-state index contributed by atoms with van der Waals surface area (Å²) < 4.78 is 18.8. The molecule has 0 unspecified atom stereocenters. The van der Waals surface area contributed by atoms with Gasteiger partial charge in [0.25, 0.3) is 0 Å². The zero-order chi connectivity index (χ0) is 19.4. The van der Waals surface area contributed by atoms with E-state index in [-0.39, 0.29) is 17.5 Å². The summed E-state index contributed by atoms with van der Waals surface area (Å²) in [5.41, 5.74) is 3.07. The van der Waals surface area contributed by atoms with Crippen molar-refractivity contribution in [2.75, 3.05) is 11.1 Å². The standard InChI is InChI=1S/C21H20FNO3S/c1-3-14-5-7-17-15(9-21(25)26-19(17)8-14)11-27-12-20(24)23-16-6-4-13(2)18(22)10-16/h4-10H,3,11-12H2,1-2H3,(H,23,24). The van der Waals surface area contributed by atoms with Crippen molar-refractivity contribution in [1.82, 2.24) is 0 Å². The molecule has 0 radical (unpaired) electrons. The summed E-state index contributed by atoms with van der Waals surface area (Å²) in [5.74, 6) is 0.131. The zero-order valence-electron chi connectivity index (χ0n) is 15.2. The Morgan fingerprint density at radius 2 is 2.00 bits per heavy atom. The lowest BCUT2D eigenvalue weighted by Gasteiger charge is -2.08. The van der Waals surface area contributed by atoms with E-state index in [9.17, 15) is 14.0 Å². The maximum Gasteiger partial charge on any atom is 0.336 e. The topological polar surface area (TPSA) is 59.3 Å². The van der Waals surface area contributed by atoms with Crippen LogP contribution in [0.3, 0.4) is 0 Å². The predicted molar refractivity (Wildman–Crippen MR) is 108 cm³/mol. The second-order valence-corrected chi connectivity index (χ2v) is 7.27. The molecule has 27 heavy (non-hydrogen) atoms. The summed E-state index contributed by atoms with van der Waals surface area (Å²) in [6.07, 6.45) is 0.860. The van der Waals surface area contributed by atoms with Crippen LogP contribution in [-0.4, -0.2) is 11.7 Å². The zero-order valence-corrected chi connectivity index (χ0v) is 16.0. The molecule has 6 heteroatoms. The smallest absolute Gasteiger partial charge is 0.336 e. The first-order valence-corrected chi connectivity index (χ1v) is 9.81. The first-order valence-electron chi connectivity index (χ1n) is 8.65. The van der Waals surface area contributed by atoms with Crippen LogP contribution in [0.2, 0.25) is 0 Å². The summed E-state index contributed by atoms with van der Waals surface area (Å²) in [4.78, 5) is 23.9. The lowest BCUT2D eigenvalue weighted by molar-refractivity contribution is -0.113. The van der Waals surface area contributed by atoms with E-state index in [0.717, 1.165) is 22.9 Å². The Morgan fingerprint density at radius 3 is 2.74 bits per heavy atom. The molecule has 3 rings (SSSR count). The van der Waals surface area contributed by atoms with Crippen molar-refractivity contribution >= 4 is 34.3 Å². The molecular formula is C21H20FNO3S. The van der Waals surface area contributed by atoms with E-state index in [1.165, 1.54) is 23.9 Å². The third kappa shape index (κ3) is 4.77. The maximum absolute atomic E-state index is 13.5. The molecule has 1 N–H and O–H groups in total. The van der Waals surface area contributed by atoms with Gasteiger partial charge >= 0.3 is 5.63 Å². The Kier molecular flexibility index (Phi) is 5.96. The molecule has 3 aromatic rings. The van der Waals surface area contributed by atoms with Crippen LogP contribution in [0, 0.1) is 12.7 Å². The van der Waals surface area contributed by atoms with Gasteiger partial charge in [0.1, 0.15) is 11.4 Å². The molecule has 4 nitrogen and oxygen atoms in total. The molecule has 0 fully saturated rings. The summed E-state index contributed by atoms with van der Waals surface area (Å²) in [6.45, 7) is 3.71. The number of carbonyl (C=O) groups excluding carboxylic acids is 1. The first kappa shape index (κ1) is 19.2. The molecule has 1 heterocycles. The van der Waals surface area contributed by atoms with Crippen molar-refractivity contribution in [2.24, 2.45) is 0 Å². The van der Waals surface area contributed by atoms with E-state index in [1.54, 1.807) is 19.1 Å². The largest absolute Gasteiger partial charge is 0.423 e. The minimum atomic E-state index is -0.397. The van der Waals surface area contributed by atoms with E-state index in [0.29, 0.717) is 22.6 Å². The first-order chi connectivity index (χ1) is 13.0. The van der Waals surface area contributed by atoms with Gasteiger partial charge in [0, 0.05) is 22.9 Å². The lowest BCUT2D eigenvalue weighted by atomic mass is 10.1. The minimum Gasteiger partial charge on any atom is -0.423 e. The third-order valence-electron chi connectivity index (χ3n) is 4.25. The molecule has 2 aromatic carbocycles. The Morgan fingerprint density at radius 1 is 1.19 bits per heavy atom. The Labute approximate surface area is 160 Å². The number of anilines is 1.